The molecule has 0 bridgehead atoms. The minimum Gasteiger partial charge on any atom is -0.387 e. The fraction of sp³-hybridized carbons (Fsp3) is 0.595. The van der Waals surface area contributed by atoms with Crippen molar-refractivity contribution in [3.63, 3.8) is 0 Å². The van der Waals surface area contributed by atoms with E-state index in [0.29, 0.717) is 13.1 Å². The summed E-state index contributed by atoms with van der Waals surface area (Å²) in [6, 6.07) is 0. The molecule has 0 aromatic carbocycles. The average Bonchev–Trinajstić information content (AvgIpc) is 4.45. The largest absolute Gasteiger partial charge is 0.490 e. The van der Waals surface area contributed by atoms with Gasteiger partial charge in [-0.1, -0.05) is 4.98 Å². The molecule has 0 aliphatic carbocycles. The number of aliphatic hydroxyl groups is 3. The minimum atomic E-state index is -6.20. The molecule has 3 saturated heterocycles. The summed E-state index contributed by atoms with van der Waals surface area (Å²) in [5.74, 6) is -1.31. The molecular weight excluding hydrogens is 1150 g/mol. The molecule has 16 atom stereocenters. The number of phosphoric ester groups is 2. The highest BCUT2D eigenvalue weighted by Gasteiger charge is 2.58. The molecule has 6 aromatic rings. The van der Waals surface area contributed by atoms with E-state index in [1.165, 1.54) is 22.6 Å². The molecule has 42 heteroatoms. The Balaban J connectivity index is 0.888. The van der Waals surface area contributed by atoms with E-state index in [4.69, 9.17) is 48.7 Å². The van der Waals surface area contributed by atoms with Gasteiger partial charge in [0.25, 0.3) is 17.1 Å². The summed E-state index contributed by atoms with van der Waals surface area (Å²) in [5.41, 5.74) is 8.37. The summed E-state index contributed by atoms with van der Waals surface area (Å²) in [6.07, 6.45) is -11.0. The molecule has 14 N–H and O–H groups in total. The van der Waals surface area contributed by atoms with E-state index in [1.54, 1.807) is 18.4 Å². The van der Waals surface area contributed by atoms with E-state index >= 15 is 0 Å². The van der Waals surface area contributed by atoms with Crippen LogP contribution in [0.25, 0.3) is 33.5 Å². The summed E-state index contributed by atoms with van der Waals surface area (Å²) in [4.78, 5) is 98.5. The predicted octanol–water partition coefficient (Wildman–Crippen LogP) is -2.41. The SMILES string of the molecule is CCNc1nc2c(c(=O)[nH]1)n(CC)c[n+]2[C@@H]1O[C@H](COP(=O)(O)OP(=O)(O)OP(=O)(O)OCC2O[C@@H](n3cnc4c(N)ncnc43)[C@H](OC)[C@@H]2P(=O)(O)OC[C@H]2O[C@@H](n3cnc4c(=O)[nH]c(N)nc43)[C@H](O)[C@@H]2O)[C@@H](COC)[C@H]1O. The van der Waals surface area contributed by atoms with E-state index in [-0.39, 0.29) is 57.8 Å². The molecule has 38 nitrogen and oxygen atoms in total. The third-order valence-electron chi connectivity index (χ3n) is 12.8. The van der Waals surface area contributed by atoms with Gasteiger partial charge in [0.15, 0.2) is 41.4 Å². The Morgan fingerprint density at radius 3 is 2.04 bits per heavy atom. The van der Waals surface area contributed by atoms with E-state index < -0.39 is 135 Å². The first-order valence-electron chi connectivity index (χ1n) is 23.4. The third kappa shape index (κ3) is 11.7. The summed E-state index contributed by atoms with van der Waals surface area (Å²) < 4.78 is 112. The highest BCUT2D eigenvalue weighted by molar-refractivity contribution is 7.66. The van der Waals surface area contributed by atoms with Crippen LogP contribution in [0.3, 0.4) is 0 Å². The van der Waals surface area contributed by atoms with Crippen molar-refractivity contribution in [2.75, 3.05) is 64.0 Å². The number of nitrogens with zero attached hydrogens (tertiary/aromatic N) is 10. The second-order valence-electron chi connectivity index (χ2n) is 17.8. The smallest absolute Gasteiger partial charge is 0.387 e. The lowest BCUT2D eigenvalue weighted by Gasteiger charge is -2.28. The summed E-state index contributed by atoms with van der Waals surface area (Å²) >= 11 is 0. The number of aromatic amines is 2. The topological polar surface area (TPSA) is 528 Å². The Labute approximate surface area is 441 Å². The number of fused-ring (bicyclic) bond motifs is 3. The Hall–Kier alpha value is -5.11. The van der Waals surface area contributed by atoms with Crippen LogP contribution in [-0.2, 0) is 70.7 Å². The van der Waals surface area contributed by atoms with Gasteiger partial charge in [-0.15, -0.1) is 0 Å². The van der Waals surface area contributed by atoms with E-state index in [1.807, 2.05) is 0 Å². The summed E-state index contributed by atoms with van der Waals surface area (Å²) in [5, 5.41) is 36.4. The Morgan fingerprint density at radius 2 is 1.38 bits per heavy atom. The number of rotatable bonds is 23. The van der Waals surface area contributed by atoms with Crippen LogP contribution >= 0.6 is 31.1 Å². The highest BCUT2D eigenvalue weighted by atomic mass is 31.3. The molecule has 0 spiro atoms. The van der Waals surface area contributed by atoms with Crippen molar-refractivity contribution in [3.05, 3.63) is 46.0 Å². The molecule has 6 aromatic heterocycles. The zero-order valence-electron chi connectivity index (χ0n) is 41.6. The molecule has 434 valence electrons. The number of methoxy groups -OCH3 is 2. The standard InChI is InChI=1S/C37H53N15O23P4/c1-5-40-37-46-30-21(32(57)48-37)49(6-2)14-52(30)33-22(53)15(7-66-3)16(71-33)8-69-77(60,61)74-79(64,65)75-78(62,63)70-10-18-26(25(67-4)35(73-18)50-12-43-19-27(38)41-11-42-28(19)50)76(58,59)68-9-17-23(54)24(55)34(72-17)51-13-44-20-29(51)45-36(39)47-31(20)56/h11-18,22-26,33-35,53-55H,5-10H2,1-4H3,(H10-,38,39,40,41,42,45,46,47,48,56,57,58,59,60,61,62,63,64,65)/p+1/t15-,16-,17-,18?,22-,23-,24-,25-,26-,33-,34-,35-/m1/s1. The van der Waals surface area contributed by atoms with Crippen LogP contribution in [0.4, 0.5) is 17.7 Å². The van der Waals surface area contributed by atoms with Gasteiger partial charge < -0.3 is 79.9 Å². The number of ether oxygens (including phenoxy) is 5. The van der Waals surface area contributed by atoms with Crippen LogP contribution in [0, 0.1) is 5.92 Å². The zero-order chi connectivity index (χ0) is 57.1. The van der Waals surface area contributed by atoms with Crippen LogP contribution in [0.5, 0.6) is 0 Å². The highest BCUT2D eigenvalue weighted by Crippen LogP contribution is 2.68. The Bertz CT molecular complexity index is 3550. The number of nitrogens with two attached hydrogens (primary N) is 2. The summed E-state index contributed by atoms with van der Waals surface area (Å²) in [7, 11) is -20.9. The zero-order valence-corrected chi connectivity index (χ0v) is 45.1. The number of anilines is 3. The molecule has 0 amide bonds. The lowest BCUT2D eigenvalue weighted by Crippen LogP contribution is -2.45. The van der Waals surface area contributed by atoms with Crippen molar-refractivity contribution in [1.82, 2.24) is 53.6 Å². The van der Waals surface area contributed by atoms with E-state index in [0.717, 1.165) is 30.7 Å². The molecule has 9 rings (SSSR count). The Kier molecular flexibility index (Phi) is 16.8. The molecule has 3 fully saturated rings. The number of nitrogens with one attached hydrogen (secondary N) is 3. The monoisotopic (exact) mass is 1200 g/mol. The van der Waals surface area contributed by atoms with Gasteiger partial charge in [0.05, 0.1) is 51.7 Å². The average molecular weight is 1200 g/mol. The maximum atomic E-state index is 14.5. The van der Waals surface area contributed by atoms with Crippen LogP contribution in [-0.4, -0.2) is 184 Å². The molecule has 9 heterocycles. The molecular formula is C37H54N15O23P4+. The van der Waals surface area contributed by atoms with Crippen LogP contribution in [0.1, 0.15) is 32.5 Å². The van der Waals surface area contributed by atoms with Gasteiger partial charge in [0, 0.05) is 26.7 Å². The van der Waals surface area contributed by atoms with Crippen molar-refractivity contribution in [2.45, 2.75) is 87.5 Å². The molecule has 0 saturated carbocycles. The van der Waals surface area contributed by atoms with E-state index in [2.05, 4.69) is 53.8 Å². The number of nitrogen functional groups attached to an aromatic ring is 2. The van der Waals surface area contributed by atoms with Gasteiger partial charge in [-0.3, -0.25) is 46.9 Å². The molecule has 3 aliphatic heterocycles. The van der Waals surface area contributed by atoms with Crippen LogP contribution < -0.4 is 32.5 Å². The normalized spacial score (nSPS) is 29.5. The van der Waals surface area contributed by atoms with Crippen molar-refractivity contribution in [2.24, 2.45) is 5.92 Å². The van der Waals surface area contributed by atoms with Crippen molar-refractivity contribution < 1.29 is 104 Å². The Morgan fingerprint density at radius 1 is 0.734 bits per heavy atom. The van der Waals surface area contributed by atoms with Gasteiger partial charge in [-0.25, -0.2) is 38.2 Å². The molecule has 3 aliphatic rings. The number of H-pyrrole nitrogens is 2. The second kappa shape index (κ2) is 22.7. The number of aliphatic hydroxyl groups excluding tert-OH is 3. The first-order valence-corrected chi connectivity index (χ1v) is 29.6. The number of imidazole rings is 3. The fourth-order valence-corrected chi connectivity index (χ4v) is 14.6. The van der Waals surface area contributed by atoms with Gasteiger partial charge in [-0.05, 0) is 13.8 Å². The first kappa shape index (κ1) is 58.5. The lowest BCUT2D eigenvalue weighted by atomic mass is 9.99. The minimum absolute atomic E-state index is 0.00387. The van der Waals surface area contributed by atoms with E-state index in [9.17, 15) is 62.7 Å². The molecule has 5 unspecified atom stereocenters. The van der Waals surface area contributed by atoms with Crippen molar-refractivity contribution >= 4 is 82.3 Å². The lowest BCUT2D eigenvalue weighted by molar-refractivity contribution is -0.746. The first-order chi connectivity index (χ1) is 37.3. The number of phosphoric acid groups is 3. The predicted molar refractivity (Wildman–Crippen MR) is 262 cm³/mol. The number of aromatic nitrogens is 12. The number of hydrogen-bond donors (Lipinski definition) is 12. The molecule has 0 radical (unpaired) electrons. The van der Waals surface area contributed by atoms with Crippen molar-refractivity contribution in [3.8, 4) is 0 Å². The van der Waals surface area contributed by atoms with Gasteiger partial charge >= 0.3 is 36.7 Å². The fourth-order valence-electron chi connectivity index (χ4n) is 9.35. The van der Waals surface area contributed by atoms with Gasteiger partial charge in [0.2, 0.25) is 17.7 Å². The third-order valence-corrected chi connectivity index (χ3v) is 19.0. The number of aryl methyl sites for hydroxylation is 1. The maximum Gasteiger partial charge on any atom is 0.490 e. The second-order valence-corrected chi connectivity index (χ2v) is 24.4. The van der Waals surface area contributed by atoms with Crippen LogP contribution in [0.2, 0.25) is 0 Å². The van der Waals surface area contributed by atoms with Crippen molar-refractivity contribution in [1.29, 1.82) is 0 Å². The quantitative estimate of drug-likeness (QED) is 0.0235. The van der Waals surface area contributed by atoms with Crippen LogP contribution in [0.15, 0.2) is 34.9 Å². The summed E-state index contributed by atoms with van der Waals surface area (Å²) in [6.45, 7) is 0.782. The van der Waals surface area contributed by atoms with Gasteiger partial charge in [-0.2, -0.15) is 13.6 Å². The number of hydrogen-bond acceptors (Lipinski definition) is 28. The van der Waals surface area contributed by atoms with Gasteiger partial charge in [0.1, 0.15) is 54.1 Å². The maximum absolute atomic E-state index is 14.5. The molecule has 79 heavy (non-hydrogen) atoms.